The lowest BCUT2D eigenvalue weighted by atomic mass is 9.98. The fourth-order valence-corrected chi connectivity index (χ4v) is 4.15. The standard InChI is InChI=1S/C23H24ClN5O/c1-30-21-7-6-16(14-20(21)24)8-11-26-22-18-4-2-3-5-19(18)23(28-27-22)29-12-9-17(15-25)10-13-29/h2-7,14,17H,8-13H2,1H3,(H,26,27). The maximum absolute atomic E-state index is 9.14. The van der Waals surface area contributed by atoms with Crippen LogP contribution in [-0.4, -0.2) is 36.9 Å². The van der Waals surface area contributed by atoms with E-state index in [-0.39, 0.29) is 5.92 Å². The Balaban J connectivity index is 1.49. The average Bonchev–Trinajstić information content (AvgIpc) is 2.79. The number of nitrogens with zero attached hydrogens (tertiary/aromatic N) is 4. The number of nitrogens with one attached hydrogen (secondary N) is 1. The van der Waals surface area contributed by atoms with Crippen LogP contribution in [0.1, 0.15) is 18.4 Å². The smallest absolute Gasteiger partial charge is 0.159 e. The molecule has 0 saturated carbocycles. The zero-order valence-electron chi connectivity index (χ0n) is 16.9. The van der Waals surface area contributed by atoms with Gasteiger partial charge in [-0.1, -0.05) is 41.9 Å². The summed E-state index contributed by atoms with van der Waals surface area (Å²) in [4.78, 5) is 2.24. The Hall–Kier alpha value is -3.04. The Labute approximate surface area is 181 Å². The van der Waals surface area contributed by atoms with Gasteiger partial charge in [-0.2, -0.15) is 5.26 Å². The molecule has 1 N–H and O–H groups in total. The van der Waals surface area contributed by atoms with Crippen LogP contribution in [0, 0.1) is 17.2 Å². The number of halogens is 1. The van der Waals surface area contributed by atoms with Crippen molar-refractivity contribution in [3.63, 3.8) is 0 Å². The van der Waals surface area contributed by atoms with Gasteiger partial charge in [0.25, 0.3) is 0 Å². The molecule has 0 radical (unpaired) electrons. The van der Waals surface area contributed by atoms with Gasteiger partial charge in [0, 0.05) is 36.3 Å². The SMILES string of the molecule is COc1ccc(CCNc2nnc(N3CCC(C#N)CC3)c3ccccc23)cc1Cl. The number of hydrogen-bond acceptors (Lipinski definition) is 6. The normalized spacial score (nSPS) is 14.5. The molecule has 4 rings (SSSR count). The molecule has 1 fully saturated rings. The summed E-state index contributed by atoms with van der Waals surface area (Å²) in [6.45, 7) is 2.39. The highest BCUT2D eigenvalue weighted by atomic mass is 35.5. The molecule has 6 nitrogen and oxygen atoms in total. The average molecular weight is 422 g/mol. The van der Waals surface area contributed by atoms with E-state index in [4.69, 9.17) is 21.6 Å². The molecule has 0 aliphatic carbocycles. The van der Waals surface area contributed by atoms with E-state index in [1.165, 1.54) is 0 Å². The lowest BCUT2D eigenvalue weighted by Crippen LogP contribution is -2.34. The minimum atomic E-state index is 0.146. The first-order chi connectivity index (χ1) is 14.7. The summed E-state index contributed by atoms with van der Waals surface area (Å²) in [5.74, 6) is 2.50. The van der Waals surface area contributed by atoms with Crippen molar-refractivity contribution in [1.29, 1.82) is 5.26 Å². The Morgan fingerprint density at radius 2 is 1.93 bits per heavy atom. The lowest BCUT2D eigenvalue weighted by Gasteiger charge is -2.30. The number of anilines is 2. The van der Waals surface area contributed by atoms with Crippen LogP contribution in [0.3, 0.4) is 0 Å². The van der Waals surface area contributed by atoms with E-state index in [2.05, 4.69) is 38.6 Å². The maximum atomic E-state index is 9.14. The number of fused-ring (bicyclic) bond motifs is 1. The number of piperidine rings is 1. The Morgan fingerprint density at radius 1 is 1.17 bits per heavy atom. The zero-order valence-corrected chi connectivity index (χ0v) is 17.7. The van der Waals surface area contributed by atoms with E-state index in [0.717, 1.165) is 60.3 Å². The second-order valence-electron chi connectivity index (χ2n) is 7.45. The number of methoxy groups -OCH3 is 1. The molecule has 0 bridgehead atoms. The molecule has 2 heterocycles. The first-order valence-electron chi connectivity index (χ1n) is 10.2. The molecule has 3 aromatic rings. The van der Waals surface area contributed by atoms with Crippen LogP contribution < -0.4 is 15.0 Å². The highest BCUT2D eigenvalue weighted by Crippen LogP contribution is 2.31. The molecule has 1 aromatic heterocycles. The second kappa shape index (κ2) is 9.19. The zero-order chi connectivity index (χ0) is 20.9. The highest BCUT2D eigenvalue weighted by Gasteiger charge is 2.22. The van der Waals surface area contributed by atoms with E-state index >= 15 is 0 Å². The van der Waals surface area contributed by atoms with Crippen LogP contribution in [-0.2, 0) is 6.42 Å². The third-order valence-electron chi connectivity index (χ3n) is 5.57. The van der Waals surface area contributed by atoms with Crippen LogP contribution in [0.15, 0.2) is 42.5 Å². The van der Waals surface area contributed by atoms with Crippen molar-refractivity contribution >= 4 is 34.0 Å². The van der Waals surface area contributed by atoms with Gasteiger partial charge in [-0.25, -0.2) is 0 Å². The summed E-state index contributed by atoms with van der Waals surface area (Å²) in [6.07, 6.45) is 2.55. The predicted molar refractivity (Wildman–Crippen MR) is 120 cm³/mol. The van der Waals surface area contributed by atoms with Crippen LogP contribution in [0.25, 0.3) is 10.8 Å². The van der Waals surface area contributed by atoms with E-state index in [0.29, 0.717) is 17.3 Å². The van der Waals surface area contributed by atoms with Crippen LogP contribution in [0.4, 0.5) is 11.6 Å². The molecule has 0 atom stereocenters. The van der Waals surface area contributed by atoms with E-state index in [9.17, 15) is 0 Å². The van der Waals surface area contributed by atoms with E-state index in [1.54, 1.807) is 7.11 Å². The van der Waals surface area contributed by atoms with Gasteiger partial charge in [-0.15, -0.1) is 10.2 Å². The van der Waals surface area contributed by atoms with Gasteiger partial charge >= 0.3 is 0 Å². The summed E-state index contributed by atoms with van der Waals surface area (Å²) >= 11 is 6.22. The largest absolute Gasteiger partial charge is 0.495 e. The summed E-state index contributed by atoms with van der Waals surface area (Å²) in [5.41, 5.74) is 1.13. The number of rotatable bonds is 6. The molecule has 1 aliphatic rings. The first-order valence-corrected chi connectivity index (χ1v) is 10.5. The number of aromatic nitrogens is 2. The molecular formula is C23H24ClN5O. The molecule has 1 saturated heterocycles. The van der Waals surface area contributed by atoms with Crippen molar-refractivity contribution in [2.45, 2.75) is 19.3 Å². The Bertz CT molecular complexity index is 1070. The number of ether oxygens (including phenoxy) is 1. The molecule has 0 unspecified atom stereocenters. The Kier molecular flexibility index (Phi) is 6.20. The molecular weight excluding hydrogens is 398 g/mol. The maximum Gasteiger partial charge on any atom is 0.159 e. The minimum Gasteiger partial charge on any atom is -0.495 e. The summed E-state index contributed by atoms with van der Waals surface area (Å²) in [7, 11) is 1.61. The van der Waals surface area contributed by atoms with E-state index < -0.39 is 0 Å². The lowest BCUT2D eigenvalue weighted by molar-refractivity contribution is 0.415. The van der Waals surface area contributed by atoms with Crippen molar-refractivity contribution < 1.29 is 4.74 Å². The quantitative estimate of drug-likeness (QED) is 0.622. The number of benzene rings is 2. The third kappa shape index (κ3) is 4.27. The van der Waals surface area contributed by atoms with Gasteiger partial charge in [0.2, 0.25) is 0 Å². The van der Waals surface area contributed by atoms with Crippen molar-refractivity contribution in [1.82, 2.24) is 10.2 Å². The number of nitriles is 1. The fourth-order valence-electron chi connectivity index (χ4n) is 3.86. The third-order valence-corrected chi connectivity index (χ3v) is 5.86. The van der Waals surface area contributed by atoms with E-state index in [1.807, 2.05) is 30.3 Å². The predicted octanol–water partition coefficient (Wildman–Crippen LogP) is 4.69. The summed E-state index contributed by atoms with van der Waals surface area (Å²) < 4.78 is 5.21. The molecule has 30 heavy (non-hydrogen) atoms. The van der Waals surface area contributed by atoms with Crippen molar-refractivity contribution in [3.8, 4) is 11.8 Å². The van der Waals surface area contributed by atoms with Crippen molar-refractivity contribution in [3.05, 3.63) is 53.1 Å². The molecule has 154 valence electrons. The first kappa shape index (κ1) is 20.2. The monoisotopic (exact) mass is 421 g/mol. The van der Waals surface area contributed by atoms with Crippen LogP contribution in [0.2, 0.25) is 5.02 Å². The van der Waals surface area contributed by atoms with Gasteiger partial charge in [0.05, 0.1) is 18.2 Å². The summed E-state index contributed by atoms with van der Waals surface area (Å²) in [6, 6.07) is 16.4. The molecule has 0 spiro atoms. The van der Waals surface area contributed by atoms with Crippen molar-refractivity contribution in [2.75, 3.05) is 37.0 Å². The summed E-state index contributed by atoms with van der Waals surface area (Å²) in [5, 5.41) is 24.3. The topological polar surface area (TPSA) is 74.1 Å². The van der Waals surface area contributed by atoms with Gasteiger partial charge < -0.3 is 15.0 Å². The fraction of sp³-hybridized carbons (Fsp3) is 0.348. The van der Waals surface area contributed by atoms with Gasteiger partial charge in [0.15, 0.2) is 11.6 Å². The number of hydrogen-bond donors (Lipinski definition) is 1. The molecule has 7 heteroatoms. The van der Waals surface area contributed by atoms with Gasteiger partial charge in [-0.3, -0.25) is 0 Å². The molecule has 2 aromatic carbocycles. The highest BCUT2D eigenvalue weighted by molar-refractivity contribution is 6.32. The van der Waals surface area contributed by atoms with Crippen LogP contribution in [0.5, 0.6) is 5.75 Å². The van der Waals surface area contributed by atoms with Gasteiger partial charge in [-0.05, 0) is 37.0 Å². The minimum absolute atomic E-state index is 0.146. The van der Waals surface area contributed by atoms with Crippen molar-refractivity contribution in [2.24, 2.45) is 5.92 Å². The van der Waals surface area contributed by atoms with Crippen LogP contribution >= 0.6 is 11.6 Å². The molecule has 1 aliphatic heterocycles. The second-order valence-corrected chi connectivity index (χ2v) is 7.86. The van der Waals surface area contributed by atoms with Gasteiger partial charge in [0.1, 0.15) is 5.75 Å². The Morgan fingerprint density at radius 3 is 2.63 bits per heavy atom. The molecule has 0 amide bonds.